The number of aromatic hydroxyl groups is 1. The predicted molar refractivity (Wildman–Crippen MR) is 93.7 cm³/mol. The molecule has 2 aromatic carbocycles. The highest BCUT2D eigenvalue weighted by Gasteiger charge is 2.20. The first-order chi connectivity index (χ1) is 12.2. The number of hydrogen-bond acceptors (Lipinski definition) is 3. The van der Waals surface area contributed by atoms with E-state index in [2.05, 4.69) is 5.32 Å². The number of amides is 2. The number of phenols is 1. The summed E-state index contributed by atoms with van der Waals surface area (Å²) in [6.07, 6.45) is 0.185. The molecular formula is C19H20F2N2O3. The second-order valence-corrected chi connectivity index (χ2v) is 6.01. The quantitative estimate of drug-likeness (QED) is 0.859. The van der Waals surface area contributed by atoms with Gasteiger partial charge < -0.3 is 15.3 Å². The summed E-state index contributed by atoms with van der Waals surface area (Å²) in [4.78, 5) is 25.4. The SMILES string of the molecule is CNC(=O)C[C@H](C)N(C)C(=O)c1ccc(-c2cc(O)c(F)c(F)c2)cc1. The first-order valence-corrected chi connectivity index (χ1v) is 8.00. The first-order valence-electron chi connectivity index (χ1n) is 8.00. The third-order valence-corrected chi connectivity index (χ3v) is 4.22. The lowest BCUT2D eigenvalue weighted by Gasteiger charge is -2.24. The highest BCUT2D eigenvalue weighted by atomic mass is 19.2. The lowest BCUT2D eigenvalue weighted by molar-refractivity contribution is -0.121. The molecule has 2 amide bonds. The van der Waals surface area contributed by atoms with Gasteiger partial charge in [0.2, 0.25) is 5.91 Å². The van der Waals surface area contributed by atoms with E-state index in [9.17, 15) is 23.5 Å². The summed E-state index contributed by atoms with van der Waals surface area (Å²) >= 11 is 0. The van der Waals surface area contributed by atoms with Crippen LogP contribution in [0.5, 0.6) is 5.75 Å². The van der Waals surface area contributed by atoms with Crippen molar-refractivity contribution in [2.75, 3.05) is 14.1 Å². The number of carbonyl (C=O) groups is 2. The number of halogens is 2. The molecular weight excluding hydrogens is 342 g/mol. The Morgan fingerprint density at radius 1 is 1.15 bits per heavy atom. The predicted octanol–water partition coefficient (Wildman–Crippen LogP) is 2.93. The van der Waals surface area contributed by atoms with E-state index in [0.29, 0.717) is 16.7 Å². The number of carbonyl (C=O) groups excluding carboxylic acids is 2. The van der Waals surface area contributed by atoms with E-state index in [4.69, 9.17) is 0 Å². The second kappa shape index (κ2) is 7.95. The van der Waals surface area contributed by atoms with Crippen molar-refractivity contribution in [2.45, 2.75) is 19.4 Å². The summed E-state index contributed by atoms with van der Waals surface area (Å²) in [6, 6.07) is 8.08. The molecule has 0 aliphatic rings. The van der Waals surface area contributed by atoms with Crippen LogP contribution < -0.4 is 5.32 Å². The lowest BCUT2D eigenvalue weighted by Crippen LogP contribution is -2.38. The maximum Gasteiger partial charge on any atom is 0.253 e. The Morgan fingerprint density at radius 3 is 2.31 bits per heavy atom. The van der Waals surface area contributed by atoms with Crippen LogP contribution in [0.15, 0.2) is 36.4 Å². The minimum atomic E-state index is -1.30. The van der Waals surface area contributed by atoms with Gasteiger partial charge in [-0.05, 0) is 42.3 Å². The van der Waals surface area contributed by atoms with Crippen LogP contribution in [0.3, 0.4) is 0 Å². The number of benzene rings is 2. The third kappa shape index (κ3) is 4.17. The Kier molecular flexibility index (Phi) is 5.92. The van der Waals surface area contributed by atoms with Crippen LogP contribution in [0, 0.1) is 11.6 Å². The van der Waals surface area contributed by atoms with Gasteiger partial charge >= 0.3 is 0 Å². The van der Waals surface area contributed by atoms with Gasteiger partial charge in [-0.25, -0.2) is 4.39 Å². The number of hydrogen-bond donors (Lipinski definition) is 2. The molecule has 2 aromatic rings. The zero-order valence-electron chi connectivity index (χ0n) is 14.7. The molecule has 1 atom stereocenters. The van der Waals surface area contributed by atoms with Crippen molar-refractivity contribution in [1.82, 2.24) is 10.2 Å². The Balaban J connectivity index is 2.18. The van der Waals surface area contributed by atoms with Crippen LogP contribution in [0.2, 0.25) is 0 Å². The van der Waals surface area contributed by atoms with E-state index in [0.717, 1.165) is 12.1 Å². The van der Waals surface area contributed by atoms with Crippen LogP contribution in [0.4, 0.5) is 8.78 Å². The molecule has 2 rings (SSSR count). The fraction of sp³-hybridized carbons (Fsp3) is 0.263. The van der Waals surface area contributed by atoms with Gasteiger partial charge in [0, 0.05) is 32.1 Å². The average molecular weight is 362 g/mol. The standard InChI is InChI=1S/C19H20F2N2O3/c1-11(8-17(25)22-2)23(3)19(26)13-6-4-12(5-7-13)14-9-15(20)18(21)16(24)10-14/h4-7,9-11,24H,8H2,1-3H3,(H,22,25)/t11-/m0/s1. The van der Waals surface area contributed by atoms with E-state index in [1.165, 1.54) is 11.9 Å². The lowest BCUT2D eigenvalue weighted by atomic mass is 10.0. The Labute approximate surface area is 150 Å². The fourth-order valence-electron chi connectivity index (χ4n) is 2.46. The zero-order valence-corrected chi connectivity index (χ0v) is 14.7. The maximum atomic E-state index is 13.4. The summed E-state index contributed by atoms with van der Waals surface area (Å²) in [5, 5.41) is 11.9. The highest BCUT2D eigenvalue weighted by molar-refractivity contribution is 5.95. The van der Waals surface area contributed by atoms with Crippen LogP contribution >= 0.6 is 0 Å². The van der Waals surface area contributed by atoms with Crippen molar-refractivity contribution in [3.05, 3.63) is 53.6 Å². The topological polar surface area (TPSA) is 69.6 Å². The molecule has 0 spiro atoms. The first kappa shape index (κ1) is 19.4. The van der Waals surface area contributed by atoms with Crippen LogP contribution in [0.25, 0.3) is 11.1 Å². The highest BCUT2D eigenvalue weighted by Crippen LogP contribution is 2.28. The van der Waals surface area contributed by atoms with Gasteiger partial charge in [0.25, 0.3) is 5.91 Å². The van der Waals surface area contributed by atoms with Crippen molar-refractivity contribution >= 4 is 11.8 Å². The van der Waals surface area contributed by atoms with Crippen LogP contribution in [-0.4, -0.2) is 42.0 Å². The van der Waals surface area contributed by atoms with E-state index >= 15 is 0 Å². The van der Waals surface area contributed by atoms with Gasteiger partial charge in [-0.15, -0.1) is 0 Å². The van der Waals surface area contributed by atoms with Crippen molar-refractivity contribution < 1.29 is 23.5 Å². The van der Waals surface area contributed by atoms with E-state index in [1.807, 2.05) is 0 Å². The van der Waals surface area contributed by atoms with Crippen molar-refractivity contribution in [3.63, 3.8) is 0 Å². The van der Waals surface area contributed by atoms with Gasteiger partial charge in [-0.2, -0.15) is 4.39 Å². The van der Waals surface area contributed by atoms with Gasteiger partial charge in [0.15, 0.2) is 17.4 Å². The minimum Gasteiger partial charge on any atom is -0.505 e. The molecule has 0 unspecified atom stereocenters. The second-order valence-electron chi connectivity index (χ2n) is 6.01. The maximum absolute atomic E-state index is 13.4. The normalized spacial score (nSPS) is 11.7. The summed E-state index contributed by atoms with van der Waals surface area (Å²) in [5.41, 5.74) is 1.21. The number of nitrogens with zero attached hydrogens (tertiary/aromatic N) is 1. The summed E-state index contributed by atoms with van der Waals surface area (Å²) < 4.78 is 26.6. The Bertz CT molecular complexity index is 799. The molecule has 2 N–H and O–H groups in total. The van der Waals surface area contributed by atoms with Crippen molar-refractivity contribution in [3.8, 4) is 16.9 Å². The Hall–Kier alpha value is -2.96. The van der Waals surface area contributed by atoms with Crippen molar-refractivity contribution in [1.29, 1.82) is 0 Å². The molecule has 0 fully saturated rings. The molecule has 5 nitrogen and oxygen atoms in total. The van der Waals surface area contributed by atoms with Gasteiger partial charge in [0.1, 0.15) is 0 Å². The Morgan fingerprint density at radius 2 is 1.77 bits per heavy atom. The molecule has 0 bridgehead atoms. The average Bonchev–Trinajstić information content (AvgIpc) is 2.64. The van der Waals surface area contributed by atoms with Gasteiger partial charge in [-0.1, -0.05) is 12.1 Å². The fourth-order valence-corrected chi connectivity index (χ4v) is 2.46. The number of nitrogens with one attached hydrogen (secondary N) is 1. The van der Waals surface area contributed by atoms with Gasteiger partial charge in [0.05, 0.1) is 0 Å². The summed E-state index contributed by atoms with van der Waals surface area (Å²) in [6.45, 7) is 1.77. The molecule has 7 heteroatoms. The van der Waals surface area contributed by atoms with Crippen molar-refractivity contribution in [2.24, 2.45) is 0 Å². The number of phenolic OH excluding ortho intramolecular Hbond substituents is 1. The summed E-state index contributed by atoms with van der Waals surface area (Å²) in [7, 11) is 3.14. The molecule has 0 aliphatic carbocycles. The van der Waals surface area contributed by atoms with E-state index < -0.39 is 17.4 Å². The largest absolute Gasteiger partial charge is 0.505 e. The molecule has 0 radical (unpaired) electrons. The molecule has 0 aromatic heterocycles. The molecule has 0 saturated heterocycles. The molecule has 0 heterocycles. The van der Waals surface area contributed by atoms with Crippen LogP contribution in [-0.2, 0) is 4.79 Å². The minimum absolute atomic E-state index is 0.161. The molecule has 26 heavy (non-hydrogen) atoms. The summed E-state index contributed by atoms with van der Waals surface area (Å²) in [5.74, 6) is -3.65. The molecule has 0 saturated carbocycles. The van der Waals surface area contributed by atoms with Crippen LogP contribution in [0.1, 0.15) is 23.7 Å². The molecule has 138 valence electrons. The number of rotatable bonds is 5. The third-order valence-electron chi connectivity index (χ3n) is 4.22. The van der Waals surface area contributed by atoms with Gasteiger partial charge in [-0.3, -0.25) is 9.59 Å². The smallest absolute Gasteiger partial charge is 0.253 e. The zero-order chi connectivity index (χ0) is 19.4. The monoisotopic (exact) mass is 362 g/mol. The van der Waals surface area contributed by atoms with E-state index in [1.54, 1.807) is 38.2 Å². The molecule has 0 aliphatic heterocycles. The van der Waals surface area contributed by atoms with E-state index in [-0.39, 0.29) is 24.3 Å².